The topological polar surface area (TPSA) is 103 Å². The van der Waals surface area contributed by atoms with Gasteiger partial charge in [-0.3, -0.25) is 0 Å². The Morgan fingerprint density at radius 1 is 0.917 bits per heavy atom. The van der Waals surface area contributed by atoms with Crippen LogP contribution in [-0.4, -0.2) is 29.8 Å². The van der Waals surface area contributed by atoms with E-state index in [0.717, 1.165) is 16.5 Å². The van der Waals surface area contributed by atoms with E-state index in [9.17, 15) is 9.50 Å². The normalized spacial score (nSPS) is 12.3. The number of pyridine rings is 1. The van der Waals surface area contributed by atoms with Gasteiger partial charge < -0.3 is 10.8 Å². The van der Waals surface area contributed by atoms with Crippen LogP contribution in [0.5, 0.6) is 5.75 Å². The van der Waals surface area contributed by atoms with E-state index in [-0.39, 0.29) is 23.4 Å². The first-order valence-electron chi connectivity index (χ1n) is 11.4. The van der Waals surface area contributed by atoms with Crippen LogP contribution in [0.4, 0.5) is 10.2 Å². The van der Waals surface area contributed by atoms with Gasteiger partial charge in [-0.15, -0.1) is 0 Å². The molecule has 6 aromatic rings. The Labute approximate surface area is 205 Å². The van der Waals surface area contributed by atoms with Gasteiger partial charge in [0.2, 0.25) is 0 Å². The van der Waals surface area contributed by atoms with Crippen LogP contribution >= 0.6 is 0 Å². The van der Waals surface area contributed by atoms with Gasteiger partial charge in [0.1, 0.15) is 29.4 Å². The molecule has 1 atom stereocenters. The summed E-state index contributed by atoms with van der Waals surface area (Å²) < 4.78 is 16.7. The van der Waals surface area contributed by atoms with Gasteiger partial charge in [-0.2, -0.15) is 5.10 Å². The number of para-hydroxylation sites is 1. The lowest BCUT2D eigenvalue weighted by Gasteiger charge is -2.18. The highest BCUT2D eigenvalue weighted by atomic mass is 19.1. The maximum Gasteiger partial charge on any atom is 0.164 e. The largest absolute Gasteiger partial charge is 0.508 e. The van der Waals surface area contributed by atoms with Gasteiger partial charge in [0.05, 0.1) is 22.6 Å². The molecule has 0 bridgehead atoms. The molecule has 1 unspecified atom stereocenters. The molecular formula is C28H21FN6O. The van der Waals surface area contributed by atoms with Crippen molar-refractivity contribution in [2.75, 3.05) is 5.73 Å². The average molecular weight is 477 g/mol. The number of hydrogen-bond acceptors (Lipinski definition) is 6. The van der Waals surface area contributed by atoms with Gasteiger partial charge in [-0.1, -0.05) is 42.5 Å². The summed E-state index contributed by atoms with van der Waals surface area (Å²) in [6.45, 7) is 1.97. The fourth-order valence-corrected chi connectivity index (χ4v) is 4.57. The van der Waals surface area contributed by atoms with Crippen molar-refractivity contribution in [2.24, 2.45) is 0 Å². The zero-order valence-corrected chi connectivity index (χ0v) is 19.3. The molecule has 8 heteroatoms. The van der Waals surface area contributed by atoms with Crippen molar-refractivity contribution in [1.82, 2.24) is 24.7 Å². The molecule has 0 amide bonds. The third-order valence-electron chi connectivity index (χ3n) is 6.34. The van der Waals surface area contributed by atoms with E-state index >= 15 is 0 Å². The van der Waals surface area contributed by atoms with Gasteiger partial charge in [0, 0.05) is 22.1 Å². The number of nitrogen functional groups attached to an aromatic ring is 1. The van der Waals surface area contributed by atoms with E-state index in [1.54, 1.807) is 41.1 Å². The van der Waals surface area contributed by atoms with Crippen LogP contribution in [0, 0.1) is 5.82 Å². The number of phenolic OH excluding ortho intramolecular Hbond substituents is 1. The molecule has 0 aliphatic carbocycles. The molecule has 0 aliphatic rings. The van der Waals surface area contributed by atoms with Gasteiger partial charge in [0.15, 0.2) is 5.65 Å². The van der Waals surface area contributed by atoms with E-state index < -0.39 is 0 Å². The molecular weight excluding hydrogens is 455 g/mol. The highest BCUT2D eigenvalue weighted by Crippen LogP contribution is 2.37. The fourth-order valence-electron chi connectivity index (χ4n) is 4.57. The van der Waals surface area contributed by atoms with Crippen LogP contribution < -0.4 is 5.73 Å². The van der Waals surface area contributed by atoms with Crippen molar-refractivity contribution in [2.45, 2.75) is 13.0 Å². The standard InChI is InChI=1S/C28H21FN6O/c1-16(21-14-17-7-2-5-12-23(17)33-26(21)20-10-3-4-11-22(20)29)35-28-24(27(30)31-15-32-28)25(34-35)18-8-6-9-19(36)13-18/h2-16,36H,1H3,(H2,30,31,32). The fraction of sp³-hybridized carbons (Fsp3) is 0.0714. The summed E-state index contributed by atoms with van der Waals surface area (Å²) in [6, 6.07) is 22.7. The van der Waals surface area contributed by atoms with Gasteiger partial charge >= 0.3 is 0 Å². The van der Waals surface area contributed by atoms with Gasteiger partial charge in [-0.25, -0.2) is 24.0 Å². The predicted molar refractivity (Wildman–Crippen MR) is 138 cm³/mol. The lowest BCUT2D eigenvalue weighted by molar-refractivity contribution is 0.475. The molecule has 3 aromatic carbocycles. The first-order valence-corrected chi connectivity index (χ1v) is 11.4. The van der Waals surface area contributed by atoms with Crippen molar-refractivity contribution in [3.8, 4) is 28.3 Å². The molecule has 0 spiro atoms. The number of nitrogens with zero attached hydrogens (tertiary/aromatic N) is 5. The third kappa shape index (κ3) is 3.51. The molecule has 3 N–H and O–H groups in total. The van der Waals surface area contributed by atoms with Crippen molar-refractivity contribution in [1.29, 1.82) is 0 Å². The van der Waals surface area contributed by atoms with Crippen LogP contribution in [0.2, 0.25) is 0 Å². The Bertz CT molecular complexity index is 1760. The highest BCUT2D eigenvalue weighted by Gasteiger charge is 2.24. The highest BCUT2D eigenvalue weighted by molar-refractivity contribution is 5.98. The number of halogens is 1. The number of fused-ring (bicyclic) bond motifs is 2. The first kappa shape index (κ1) is 21.7. The molecule has 3 heterocycles. The Kier molecular flexibility index (Phi) is 5.07. The summed E-state index contributed by atoms with van der Waals surface area (Å²) in [5.41, 5.74) is 10.5. The molecule has 176 valence electrons. The van der Waals surface area contributed by atoms with Gasteiger partial charge in [0.25, 0.3) is 0 Å². The quantitative estimate of drug-likeness (QED) is 0.336. The molecule has 0 saturated heterocycles. The van der Waals surface area contributed by atoms with E-state index in [0.29, 0.717) is 33.5 Å². The van der Waals surface area contributed by atoms with Crippen LogP contribution in [0.15, 0.2) is 85.2 Å². The summed E-state index contributed by atoms with van der Waals surface area (Å²) in [7, 11) is 0. The number of benzene rings is 3. The van der Waals surface area contributed by atoms with Crippen LogP contribution in [0.25, 0.3) is 44.5 Å². The van der Waals surface area contributed by atoms with Crippen molar-refractivity contribution < 1.29 is 9.50 Å². The van der Waals surface area contributed by atoms with Crippen LogP contribution in [0.3, 0.4) is 0 Å². The second kappa shape index (κ2) is 8.42. The molecule has 3 aromatic heterocycles. The molecule has 0 radical (unpaired) electrons. The van der Waals surface area contributed by atoms with Crippen molar-refractivity contribution >= 4 is 27.8 Å². The van der Waals surface area contributed by atoms with Crippen LogP contribution in [-0.2, 0) is 0 Å². The summed E-state index contributed by atoms with van der Waals surface area (Å²) in [4.78, 5) is 13.5. The molecule has 0 fully saturated rings. The number of hydrogen-bond donors (Lipinski definition) is 2. The van der Waals surface area contributed by atoms with Gasteiger partial charge in [-0.05, 0) is 43.3 Å². The minimum Gasteiger partial charge on any atom is -0.508 e. The van der Waals surface area contributed by atoms with Crippen molar-refractivity contribution in [3.63, 3.8) is 0 Å². The van der Waals surface area contributed by atoms with E-state index in [1.165, 1.54) is 12.4 Å². The summed E-state index contributed by atoms with van der Waals surface area (Å²) >= 11 is 0. The Morgan fingerprint density at radius 3 is 2.56 bits per heavy atom. The lowest BCUT2D eigenvalue weighted by atomic mass is 9.98. The smallest absolute Gasteiger partial charge is 0.164 e. The maximum absolute atomic E-state index is 15.0. The molecule has 7 nitrogen and oxygen atoms in total. The minimum absolute atomic E-state index is 0.110. The Hall–Kier alpha value is -4.85. The molecule has 0 saturated carbocycles. The molecule has 6 rings (SSSR count). The van der Waals surface area contributed by atoms with E-state index in [4.69, 9.17) is 15.8 Å². The van der Waals surface area contributed by atoms with E-state index in [1.807, 2.05) is 43.3 Å². The SMILES string of the molecule is CC(c1cc2ccccc2nc1-c1ccccc1F)n1nc(-c2cccc(O)c2)c2c(N)ncnc21. The van der Waals surface area contributed by atoms with Crippen LogP contribution in [0.1, 0.15) is 18.5 Å². The first-order chi connectivity index (χ1) is 17.5. The predicted octanol–water partition coefficient (Wildman–Crippen LogP) is 5.74. The average Bonchev–Trinajstić information content (AvgIpc) is 3.29. The lowest BCUT2D eigenvalue weighted by Crippen LogP contribution is -2.12. The van der Waals surface area contributed by atoms with E-state index in [2.05, 4.69) is 9.97 Å². The second-order valence-corrected chi connectivity index (χ2v) is 8.58. The number of rotatable bonds is 4. The Balaban J connectivity index is 1.62. The monoisotopic (exact) mass is 476 g/mol. The molecule has 0 aliphatic heterocycles. The number of phenols is 1. The Morgan fingerprint density at radius 2 is 1.72 bits per heavy atom. The maximum atomic E-state index is 15.0. The summed E-state index contributed by atoms with van der Waals surface area (Å²) in [5, 5.41) is 16.4. The number of anilines is 1. The number of aromatic nitrogens is 5. The number of aromatic hydroxyl groups is 1. The summed E-state index contributed by atoms with van der Waals surface area (Å²) in [6.07, 6.45) is 1.39. The second-order valence-electron chi connectivity index (χ2n) is 8.58. The third-order valence-corrected chi connectivity index (χ3v) is 6.34. The zero-order valence-electron chi connectivity index (χ0n) is 19.3. The summed E-state index contributed by atoms with van der Waals surface area (Å²) in [5.74, 6) is 0.0352. The van der Waals surface area contributed by atoms with Crippen molar-refractivity contribution in [3.05, 3.63) is 96.6 Å². The zero-order chi connectivity index (χ0) is 24.8. The number of nitrogens with two attached hydrogens (primary N) is 1. The minimum atomic E-state index is -0.389. The molecule has 36 heavy (non-hydrogen) atoms.